The first-order valence-corrected chi connectivity index (χ1v) is 6.65. The van der Waals surface area contributed by atoms with E-state index in [0.29, 0.717) is 5.56 Å². The van der Waals surface area contributed by atoms with E-state index in [-0.39, 0.29) is 12.5 Å². The van der Waals surface area contributed by atoms with Crippen LogP contribution in [0.2, 0.25) is 0 Å². The standard InChI is InChI=1S/C14H10IN3O/c15-13-4-2-1-3-12(13)9-18(10-16)14(19)11-5-7-17-8-6-11/h1-8H,9H2. The van der Waals surface area contributed by atoms with Gasteiger partial charge >= 0.3 is 0 Å². The summed E-state index contributed by atoms with van der Waals surface area (Å²) in [5, 5.41) is 9.15. The van der Waals surface area contributed by atoms with Gasteiger partial charge in [0, 0.05) is 21.5 Å². The molecule has 0 saturated heterocycles. The number of nitriles is 1. The van der Waals surface area contributed by atoms with Gasteiger partial charge in [-0.3, -0.25) is 9.78 Å². The largest absolute Gasteiger partial charge is 0.268 e. The number of hydrogen-bond donors (Lipinski definition) is 0. The molecule has 1 aromatic carbocycles. The van der Waals surface area contributed by atoms with Crippen molar-refractivity contribution < 1.29 is 4.79 Å². The van der Waals surface area contributed by atoms with Gasteiger partial charge in [0.25, 0.3) is 5.91 Å². The average Bonchev–Trinajstić information content (AvgIpc) is 2.47. The summed E-state index contributed by atoms with van der Waals surface area (Å²) in [7, 11) is 0. The van der Waals surface area contributed by atoms with Gasteiger partial charge in [-0.25, -0.2) is 4.90 Å². The highest BCUT2D eigenvalue weighted by molar-refractivity contribution is 14.1. The molecular weight excluding hydrogens is 353 g/mol. The average molecular weight is 363 g/mol. The van der Waals surface area contributed by atoms with Gasteiger partial charge in [0.15, 0.2) is 6.19 Å². The molecule has 1 heterocycles. The van der Waals surface area contributed by atoms with Crippen LogP contribution in [0.25, 0.3) is 0 Å². The van der Waals surface area contributed by atoms with E-state index < -0.39 is 0 Å². The Kier molecular flexibility index (Phi) is 4.47. The van der Waals surface area contributed by atoms with Gasteiger partial charge in [0.05, 0.1) is 6.54 Å². The number of carbonyl (C=O) groups is 1. The predicted octanol–water partition coefficient (Wildman–Crippen LogP) is 2.81. The first-order valence-electron chi connectivity index (χ1n) is 5.57. The first kappa shape index (κ1) is 13.5. The summed E-state index contributed by atoms with van der Waals surface area (Å²) >= 11 is 2.19. The highest BCUT2D eigenvalue weighted by atomic mass is 127. The van der Waals surface area contributed by atoms with Gasteiger partial charge in [0.2, 0.25) is 0 Å². The van der Waals surface area contributed by atoms with Crippen LogP contribution in [0.15, 0.2) is 48.8 Å². The maximum Gasteiger partial charge on any atom is 0.267 e. The molecule has 0 aliphatic heterocycles. The molecule has 4 nitrogen and oxygen atoms in total. The zero-order valence-electron chi connectivity index (χ0n) is 9.95. The van der Waals surface area contributed by atoms with Gasteiger partial charge in [-0.1, -0.05) is 18.2 Å². The molecular formula is C14H10IN3O. The van der Waals surface area contributed by atoms with Crippen LogP contribution in [-0.2, 0) is 6.54 Å². The normalized spacial score (nSPS) is 9.68. The van der Waals surface area contributed by atoms with Crippen molar-refractivity contribution in [1.29, 1.82) is 5.26 Å². The molecule has 94 valence electrons. The Hall–Kier alpha value is -1.94. The van der Waals surface area contributed by atoms with E-state index in [1.165, 1.54) is 12.4 Å². The van der Waals surface area contributed by atoms with Gasteiger partial charge in [0.1, 0.15) is 0 Å². The molecule has 0 saturated carbocycles. The monoisotopic (exact) mass is 363 g/mol. The summed E-state index contributed by atoms with van der Waals surface area (Å²) < 4.78 is 1.03. The Morgan fingerprint density at radius 1 is 1.26 bits per heavy atom. The van der Waals surface area contributed by atoms with E-state index in [0.717, 1.165) is 14.0 Å². The maximum absolute atomic E-state index is 12.2. The Morgan fingerprint density at radius 2 is 1.95 bits per heavy atom. The number of benzene rings is 1. The van der Waals surface area contributed by atoms with Crippen LogP contribution >= 0.6 is 22.6 Å². The smallest absolute Gasteiger partial charge is 0.267 e. The van der Waals surface area contributed by atoms with Crippen LogP contribution in [0.3, 0.4) is 0 Å². The predicted molar refractivity (Wildman–Crippen MR) is 78.9 cm³/mol. The van der Waals surface area contributed by atoms with E-state index >= 15 is 0 Å². The van der Waals surface area contributed by atoms with Crippen molar-refractivity contribution in [3.63, 3.8) is 0 Å². The number of hydrogen-bond acceptors (Lipinski definition) is 3. The number of rotatable bonds is 3. The number of pyridine rings is 1. The Balaban J connectivity index is 2.21. The van der Waals surface area contributed by atoms with Crippen LogP contribution in [-0.4, -0.2) is 15.8 Å². The molecule has 2 aromatic rings. The molecule has 0 bridgehead atoms. The second kappa shape index (κ2) is 6.29. The van der Waals surface area contributed by atoms with E-state index in [2.05, 4.69) is 27.6 Å². The van der Waals surface area contributed by atoms with E-state index in [1.54, 1.807) is 12.1 Å². The summed E-state index contributed by atoms with van der Waals surface area (Å²) in [6.07, 6.45) is 5.01. The minimum atomic E-state index is -0.315. The Morgan fingerprint density at radius 3 is 2.58 bits per heavy atom. The van der Waals surface area contributed by atoms with Crippen molar-refractivity contribution in [2.75, 3.05) is 0 Å². The van der Waals surface area contributed by atoms with Crippen molar-refractivity contribution in [3.05, 3.63) is 63.5 Å². The molecule has 2 rings (SSSR count). The lowest BCUT2D eigenvalue weighted by Gasteiger charge is -2.14. The van der Waals surface area contributed by atoms with Gasteiger partial charge < -0.3 is 0 Å². The third kappa shape index (κ3) is 3.29. The van der Waals surface area contributed by atoms with Crippen LogP contribution in [0.1, 0.15) is 15.9 Å². The molecule has 5 heteroatoms. The minimum absolute atomic E-state index is 0.275. The fourth-order valence-corrected chi connectivity index (χ4v) is 2.16. The van der Waals surface area contributed by atoms with E-state index in [9.17, 15) is 4.79 Å². The molecule has 0 fully saturated rings. The fourth-order valence-electron chi connectivity index (χ4n) is 1.60. The van der Waals surface area contributed by atoms with Crippen LogP contribution in [0.5, 0.6) is 0 Å². The van der Waals surface area contributed by atoms with Crippen molar-refractivity contribution in [2.24, 2.45) is 0 Å². The Labute approximate surface area is 124 Å². The minimum Gasteiger partial charge on any atom is -0.268 e. The summed E-state index contributed by atoms with van der Waals surface area (Å²) in [5.74, 6) is -0.315. The summed E-state index contributed by atoms with van der Waals surface area (Å²) in [4.78, 5) is 17.2. The molecule has 0 unspecified atom stereocenters. The molecule has 0 radical (unpaired) electrons. The zero-order chi connectivity index (χ0) is 13.7. The number of carbonyl (C=O) groups excluding carboxylic acids is 1. The molecule has 0 N–H and O–H groups in total. The maximum atomic E-state index is 12.2. The van der Waals surface area contributed by atoms with Crippen LogP contribution < -0.4 is 0 Å². The summed E-state index contributed by atoms with van der Waals surface area (Å²) in [6.45, 7) is 0.275. The molecule has 0 atom stereocenters. The van der Waals surface area contributed by atoms with E-state index in [1.807, 2.05) is 30.5 Å². The topological polar surface area (TPSA) is 57.0 Å². The molecule has 0 aliphatic rings. The van der Waals surface area contributed by atoms with Gasteiger partial charge in [-0.15, -0.1) is 0 Å². The van der Waals surface area contributed by atoms with Crippen molar-refractivity contribution in [3.8, 4) is 6.19 Å². The third-order valence-electron chi connectivity index (χ3n) is 2.58. The van der Waals surface area contributed by atoms with E-state index in [4.69, 9.17) is 5.26 Å². The van der Waals surface area contributed by atoms with Gasteiger partial charge in [-0.2, -0.15) is 5.26 Å². The SMILES string of the molecule is N#CN(Cc1ccccc1I)C(=O)c1ccncc1. The van der Waals surface area contributed by atoms with Crippen molar-refractivity contribution in [1.82, 2.24) is 9.88 Å². The number of halogens is 1. The third-order valence-corrected chi connectivity index (χ3v) is 3.63. The molecule has 1 aromatic heterocycles. The lowest BCUT2D eigenvalue weighted by atomic mass is 10.2. The number of amides is 1. The van der Waals surface area contributed by atoms with Gasteiger partial charge in [-0.05, 0) is 46.4 Å². The molecule has 0 spiro atoms. The fraction of sp³-hybridized carbons (Fsp3) is 0.0714. The molecule has 1 amide bonds. The molecule has 19 heavy (non-hydrogen) atoms. The van der Waals surface area contributed by atoms with Crippen molar-refractivity contribution in [2.45, 2.75) is 6.54 Å². The second-order valence-corrected chi connectivity index (χ2v) is 4.98. The Bertz CT molecular complexity index is 622. The number of nitrogens with zero attached hydrogens (tertiary/aromatic N) is 3. The lowest BCUT2D eigenvalue weighted by Crippen LogP contribution is -2.26. The lowest BCUT2D eigenvalue weighted by molar-refractivity contribution is 0.0824. The highest BCUT2D eigenvalue weighted by Crippen LogP contribution is 2.15. The molecule has 0 aliphatic carbocycles. The summed E-state index contributed by atoms with van der Waals surface area (Å²) in [6, 6.07) is 10.9. The quantitative estimate of drug-likeness (QED) is 0.479. The second-order valence-electron chi connectivity index (χ2n) is 3.82. The van der Waals surface area contributed by atoms with Crippen LogP contribution in [0, 0.1) is 15.0 Å². The zero-order valence-corrected chi connectivity index (χ0v) is 12.1. The highest BCUT2D eigenvalue weighted by Gasteiger charge is 2.16. The first-order chi connectivity index (χ1) is 9.22. The van der Waals surface area contributed by atoms with Crippen molar-refractivity contribution >= 4 is 28.5 Å². The number of aromatic nitrogens is 1. The summed E-state index contributed by atoms with van der Waals surface area (Å²) in [5.41, 5.74) is 1.41. The van der Waals surface area contributed by atoms with Crippen LogP contribution in [0.4, 0.5) is 0 Å².